The van der Waals surface area contributed by atoms with Crippen molar-refractivity contribution in [2.75, 3.05) is 45.9 Å². The molecule has 0 radical (unpaired) electrons. The summed E-state index contributed by atoms with van der Waals surface area (Å²) in [7, 11) is 0. The fourth-order valence-electron chi connectivity index (χ4n) is 3.10. The average molecular weight is 292 g/mol. The number of ether oxygens (including phenoxy) is 1. The Bertz CT molecular complexity index is 488. The minimum absolute atomic E-state index is 0.131. The van der Waals surface area contributed by atoms with Crippen LogP contribution in [-0.4, -0.2) is 71.4 Å². The first-order valence-electron chi connectivity index (χ1n) is 7.81. The molecule has 2 aliphatic rings. The van der Waals surface area contributed by atoms with E-state index in [1.807, 2.05) is 11.1 Å². The third-order valence-corrected chi connectivity index (χ3v) is 4.33. The summed E-state index contributed by atoms with van der Waals surface area (Å²) in [6.07, 6.45) is 6.11. The quantitative estimate of drug-likeness (QED) is 0.819. The molecular weight excluding hydrogens is 268 g/mol. The number of hydrogen-bond acceptors (Lipinski definition) is 4. The number of aryl methyl sites for hydroxylation is 1. The van der Waals surface area contributed by atoms with Crippen LogP contribution in [0.3, 0.4) is 0 Å². The van der Waals surface area contributed by atoms with Gasteiger partial charge in [-0.2, -0.15) is 5.10 Å². The summed E-state index contributed by atoms with van der Waals surface area (Å²) >= 11 is 0. The van der Waals surface area contributed by atoms with E-state index in [-0.39, 0.29) is 12.5 Å². The molecule has 1 atom stereocenters. The number of likely N-dealkylation sites (tertiary alicyclic amines) is 1. The van der Waals surface area contributed by atoms with Crippen LogP contribution in [-0.2, 0) is 9.53 Å². The molecule has 3 rings (SSSR count). The Balaban J connectivity index is 1.47. The highest BCUT2D eigenvalue weighted by molar-refractivity contribution is 5.77. The predicted molar refractivity (Wildman–Crippen MR) is 79.1 cm³/mol. The normalized spacial score (nSPS) is 24.5. The van der Waals surface area contributed by atoms with Gasteiger partial charge in [0.25, 0.3) is 0 Å². The van der Waals surface area contributed by atoms with Gasteiger partial charge in [-0.25, -0.2) is 0 Å². The van der Waals surface area contributed by atoms with E-state index in [2.05, 4.69) is 27.8 Å². The van der Waals surface area contributed by atoms with E-state index in [1.54, 1.807) is 0 Å². The van der Waals surface area contributed by atoms with Gasteiger partial charge in [0.15, 0.2) is 0 Å². The lowest BCUT2D eigenvalue weighted by Gasteiger charge is -2.23. The summed E-state index contributed by atoms with van der Waals surface area (Å²) < 4.78 is 7.35. The molecule has 3 heterocycles. The molecule has 116 valence electrons. The molecule has 2 saturated heterocycles. The molecule has 6 heteroatoms. The molecule has 0 aliphatic carbocycles. The fraction of sp³-hybridized carbons (Fsp3) is 0.733. The molecule has 1 unspecified atom stereocenters. The molecular formula is C15H24N4O2. The summed E-state index contributed by atoms with van der Waals surface area (Å²) in [6, 6.07) is 0.474. The first-order chi connectivity index (χ1) is 10.2. The van der Waals surface area contributed by atoms with E-state index in [9.17, 15) is 4.79 Å². The van der Waals surface area contributed by atoms with Crippen molar-refractivity contribution in [3.05, 3.63) is 18.0 Å². The molecule has 1 amide bonds. The van der Waals surface area contributed by atoms with E-state index in [4.69, 9.17) is 4.74 Å². The van der Waals surface area contributed by atoms with Gasteiger partial charge in [0.1, 0.15) is 6.61 Å². The van der Waals surface area contributed by atoms with Crippen molar-refractivity contribution >= 4 is 5.91 Å². The molecule has 6 nitrogen and oxygen atoms in total. The third kappa shape index (κ3) is 3.63. The second kappa shape index (κ2) is 6.58. The molecule has 21 heavy (non-hydrogen) atoms. The van der Waals surface area contributed by atoms with Gasteiger partial charge in [-0.3, -0.25) is 14.4 Å². The van der Waals surface area contributed by atoms with Gasteiger partial charge in [-0.1, -0.05) is 0 Å². The Labute approximate surface area is 125 Å². The van der Waals surface area contributed by atoms with Gasteiger partial charge in [0.05, 0.1) is 12.2 Å². The number of aromatic nitrogens is 2. The summed E-state index contributed by atoms with van der Waals surface area (Å²) in [4.78, 5) is 16.3. The molecule has 2 fully saturated rings. The highest BCUT2D eigenvalue weighted by Gasteiger charge is 2.25. The smallest absolute Gasteiger partial charge is 0.248 e. The monoisotopic (exact) mass is 292 g/mol. The van der Waals surface area contributed by atoms with Crippen molar-refractivity contribution in [1.82, 2.24) is 19.6 Å². The standard InChI is InChI=1S/C15H24N4O2/c1-13-9-16-19(10-13)14-3-5-17(11-14)6-7-18-4-2-8-21-12-15(18)20/h9-10,14H,2-8,11-12H2,1H3. The van der Waals surface area contributed by atoms with Gasteiger partial charge in [-0.05, 0) is 25.3 Å². The Hall–Kier alpha value is -1.40. The summed E-state index contributed by atoms with van der Waals surface area (Å²) in [6.45, 7) is 7.72. The van der Waals surface area contributed by atoms with Crippen LogP contribution in [0.4, 0.5) is 0 Å². The van der Waals surface area contributed by atoms with E-state index in [1.165, 1.54) is 5.56 Å². The van der Waals surface area contributed by atoms with E-state index >= 15 is 0 Å². The Morgan fingerprint density at radius 3 is 3.10 bits per heavy atom. The van der Waals surface area contributed by atoms with Crippen molar-refractivity contribution in [3.63, 3.8) is 0 Å². The highest BCUT2D eigenvalue weighted by atomic mass is 16.5. The fourth-order valence-corrected chi connectivity index (χ4v) is 3.10. The van der Waals surface area contributed by atoms with Crippen LogP contribution in [0.25, 0.3) is 0 Å². The van der Waals surface area contributed by atoms with Crippen LogP contribution >= 0.6 is 0 Å². The van der Waals surface area contributed by atoms with E-state index < -0.39 is 0 Å². The van der Waals surface area contributed by atoms with Crippen molar-refractivity contribution in [1.29, 1.82) is 0 Å². The maximum atomic E-state index is 11.9. The topological polar surface area (TPSA) is 50.6 Å². The maximum Gasteiger partial charge on any atom is 0.248 e. The largest absolute Gasteiger partial charge is 0.372 e. The minimum atomic E-state index is 0.131. The van der Waals surface area contributed by atoms with Crippen molar-refractivity contribution in [3.8, 4) is 0 Å². The minimum Gasteiger partial charge on any atom is -0.372 e. The molecule has 1 aromatic rings. The number of amides is 1. The van der Waals surface area contributed by atoms with Crippen LogP contribution in [0.5, 0.6) is 0 Å². The second-order valence-electron chi connectivity index (χ2n) is 6.03. The van der Waals surface area contributed by atoms with Crippen molar-refractivity contribution < 1.29 is 9.53 Å². The number of carbonyl (C=O) groups excluding carboxylic acids is 1. The SMILES string of the molecule is Cc1cnn(C2CCN(CCN3CCCOCC3=O)C2)c1. The summed E-state index contributed by atoms with van der Waals surface area (Å²) in [5.74, 6) is 0.131. The molecule has 0 bridgehead atoms. The Kier molecular flexibility index (Phi) is 4.55. The molecule has 1 aromatic heterocycles. The lowest BCUT2D eigenvalue weighted by Crippen LogP contribution is -2.39. The van der Waals surface area contributed by atoms with Gasteiger partial charge < -0.3 is 9.64 Å². The van der Waals surface area contributed by atoms with Gasteiger partial charge in [0, 0.05) is 45.5 Å². The number of carbonyl (C=O) groups is 1. The van der Waals surface area contributed by atoms with Crippen LogP contribution in [0.15, 0.2) is 12.4 Å². The van der Waals surface area contributed by atoms with Crippen molar-refractivity contribution in [2.24, 2.45) is 0 Å². The first kappa shape index (κ1) is 14.5. The number of hydrogen-bond donors (Lipinski definition) is 0. The summed E-state index contributed by atoms with van der Waals surface area (Å²) in [5, 5.41) is 4.42. The number of rotatable bonds is 4. The van der Waals surface area contributed by atoms with E-state index in [0.29, 0.717) is 12.6 Å². The van der Waals surface area contributed by atoms with Gasteiger partial charge in [-0.15, -0.1) is 0 Å². The van der Waals surface area contributed by atoms with Crippen LogP contribution in [0, 0.1) is 6.92 Å². The molecule has 0 saturated carbocycles. The molecule has 0 aromatic carbocycles. The first-order valence-corrected chi connectivity index (χ1v) is 7.81. The van der Waals surface area contributed by atoms with Crippen LogP contribution < -0.4 is 0 Å². The third-order valence-electron chi connectivity index (χ3n) is 4.33. The second-order valence-corrected chi connectivity index (χ2v) is 6.03. The van der Waals surface area contributed by atoms with Crippen molar-refractivity contribution in [2.45, 2.75) is 25.8 Å². The predicted octanol–water partition coefficient (Wildman–Crippen LogP) is 0.687. The Morgan fingerprint density at radius 2 is 2.29 bits per heavy atom. The highest BCUT2D eigenvalue weighted by Crippen LogP contribution is 2.20. The van der Waals surface area contributed by atoms with Gasteiger partial charge in [0.2, 0.25) is 5.91 Å². The molecule has 0 spiro atoms. The Morgan fingerprint density at radius 1 is 1.38 bits per heavy atom. The lowest BCUT2D eigenvalue weighted by atomic mass is 10.3. The summed E-state index contributed by atoms with van der Waals surface area (Å²) in [5.41, 5.74) is 1.21. The van der Waals surface area contributed by atoms with Gasteiger partial charge >= 0.3 is 0 Å². The van der Waals surface area contributed by atoms with E-state index in [0.717, 1.165) is 45.6 Å². The average Bonchev–Trinajstić information content (AvgIpc) is 3.05. The zero-order valence-electron chi connectivity index (χ0n) is 12.7. The lowest BCUT2D eigenvalue weighted by molar-refractivity contribution is -0.134. The molecule has 0 N–H and O–H groups in total. The zero-order chi connectivity index (χ0) is 14.7. The van der Waals surface area contributed by atoms with Crippen LogP contribution in [0.2, 0.25) is 0 Å². The maximum absolute atomic E-state index is 11.9. The zero-order valence-corrected chi connectivity index (χ0v) is 12.7. The molecule has 2 aliphatic heterocycles. The van der Waals surface area contributed by atoms with Crippen LogP contribution in [0.1, 0.15) is 24.4 Å². The number of nitrogens with zero attached hydrogens (tertiary/aromatic N) is 4.